The summed E-state index contributed by atoms with van der Waals surface area (Å²) in [5.74, 6) is 1.91. The lowest BCUT2D eigenvalue weighted by Gasteiger charge is -2.23. The number of hydrogen-bond acceptors (Lipinski definition) is 5. The van der Waals surface area contributed by atoms with Crippen molar-refractivity contribution in [3.8, 4) is 0 Å². The van der Waals surface area contributed by atoms with Crippen LogP contribution >= 0.6 is 11.3 Å². The summed E-state index contributed by atoms with van der Waals surface area (Å²) in [5, 5.41) is 16.7. The lowest BCUT2D eigenvalue weighted by atomic mass is 9.85. The molecule has 1 amide bonds. The first kappa shape index (κ1) is 11.3. The third-order valence-corrected chi connectivity index (χ3v) is 4.79. The van der Waals surface area contributed by atoms with E-state index < -0.39 is 0 Å². The summed E-state index contributed by atoms with van der Waals surface area (Å²) < 4.78 is 1.84. The predicted molar refractivity (Wildman–Crippen MR) is 69.8 cm³/mol. The molecule has 0 bridgehead atoms. The summed E-state index contributed by atoms with van der Waals surface area (Å²) in [5.41, 5.74) is 0. The van der Waals surface area contributed by atoms with Crippen LogP contribution in [-0.2, 0) is 11.3 Å². The molecule has 0 atom stereocenters. The molecular formula is C12H15N5OS. The molecule has 2 aromatic heterocycles. The minimum Gasteiger partial charge on any atom is -0.349 e. The van der Waals surface area contributed by atoms with Gasteiger partial charge in [0.05, 0.1) is 6.54 Å². The minimum absolute atomic E-state index is 0.166. The van der Waals surface area contributed by atoms with Gasteiger partial charge in [-0.05, 0) is 25.7 Å². The number of aromatic nitrogens is 4. The second kappa shape index (κ2) is 4.26. The van der Waals surface area contributed by atoms with E-state index in [1.807, 2.05) is 4.52 Å². The van der Waals surface area contributed by atoms with Crippen molar-refractivity contribution in [3.63, 3.8) is 0 Å². The van der Waals surface area contributed by atoms with E-state index in [9.17, 15) is 4.79 Å². The van der Waals surface area contributed by atoms with E-state index in [4.69, 9.17) is 0 Å². The van der Waals surface area contributed by atoms with Crippen molar-refractivity contribution < 1.29 is 4.79 Å². The highest BCUT2D eigenvalue weighted by Gasteiger charge is 2.30. The Labute approximate surface area is 114 Å². The molecule has 6 nitrogen and oxygen atoms in total. The molecule has 0 radical (unpaired) electrons. The molecule has 2 aliphatic rings. The Morgan fingerprint density at radius 1 is 1.32 bits per heavy atom. The van der Waals surface area contributed by atoms with Gasteiger partial charge in [-0.2, -0.15) is 9.61 Å². The number of rotatable bonds is 4. The van der Waals surface area contributed by atoms with Gasteiger partial charge in [-0.25, -0.2) is 0 Å². The number of carbonyl (C=O) groups excluding carboxylic acids is 1. The third kappa shape index (κ3) is 2.01. The van der Waals surface area contributed by atoms with Crippen LogP contribution in [0.1, 0.15) is 48.9 Å². The van der Waals surface area contributed by atoms with E-state index in [1.165, 1.54) is 30.6 Å². The van der Waals surface area contributed by atoms with Crippen molar-refractivity contribution in [1.82, 2.24) is 25.1 Å². The van der Waals surface area contributed by atoms with E-state index >= 15 is 0 Å². The lowest BCUT2D eigenvalue weighted by Crippen LogP contribution is -2.33. The van der Waals surface area contributed by atoms with Crippen molar-refractivity contribution in [3.05, 3.63) is 10.8 Å². The van der Waals surface area contributed by atoms with Crippen molar-refractivity contribution >= 4 is 22.2 Å². The first-order chi connectivity index (χ1) is 9.31. The fourth-order valence-electron chi connectivity index (χ4n) is 2.32. The molecule has 100 valence electrons. The van der Waals surface area contributed by atoms with Crippen molar-refractivity contribution in [2.75, 3.05) is 0 Å². The lowest BCUT2D eigenvalue weighted by molar-refractivity contribution is -0.127. The minimum atomic E-state index is 0.166. The largest absolute Gasteiger partial charge is 0.349 e. The molecular weight excluding hydrogens is 262 g/mol. The van der Waals surface area contributed by atoms with Crippen LogP contribution in [0.2, 0.25) is 0 Å². The molecule has 7 heteroatoms. The van der Waals surface area contributed by atoms with Crippen LogP contribution in [0.15, 0.2) is 0 Å². The van der Waals surface area contributed by atoms with Crippen LogP contribution in [0, 0.1) is 5.92 Å². The zero-order valence-corrected chi connectivity index (χ0v) is 11.3. The molecule has 0 spiro atoms. The van der Waals surface area contributed by atoms with Gasteiger partial charge in [0, 0.05) is 11.8 Å². The number of carbonyl (C=O) groups is 1. The molecule has 2 saturated carbocycles. The zero-order chi connectivity index (χ0) is 12.8. The number of fused-ring (bicyclic) bond motifs is 1. The maximum absolute atomic E-state index is 11.8. The summed E-state index contributed by atoms with van der Waals surface area (Å²) in [4.78, 5) is 12.6. The van der Waals surface area contributed by atoms with Crippen LogP contribution in [0.5, 0.6) is 0 Å². The molecule has 0 aromatic carbocycles. The quantitative estimate of drug-likeness (QED) is 0.918. The number of hydrogen-bond donors (Lipinski definition) is 1. The number of nitrogens with zero attached hydrogens (tertiary/aromatic N) is 4. The van der Waals surface area contributed by atoms with Crippen molar-refractivity contribution in [1.29, 1.82) is 0 Å². The Morgan fingerprint density at radius 3 is 2.84 bits per heavy atom. The second-order valence-corrected chi connectivity index (χ2v) is 6.41. The van der Waals surface area contributed by atoms with Gasteiger partial charge in [0.25, 0.3) is 0 Å². The maximum atomic E-state index is 11.8. The van der Waals surface area contributed by atoms with Crippen LogP contribution in [0.3, 0.4) is 0 Å². The average molecular weight is 277 g/mol. The summed E-state index contributed by atoms with van der Waals surface area (Å²) in [6, 6.07) is 0. The molecule has 19 heavy (non-hydrogen) atoms. The molecule has 4 rings (SSSR count). The zero-order valence-electron chi connectivity index (χ0n) is 10.5. The van der Waals surface area contributed by atoms with Gasteiger partial charge >= 0.3 is 0 Å². The van der Waals surface area contributed by atoms with E-state index in [0.29, 0.717) is 12.5 Å². The van der Waals surface area contributed by atoms with Crippen LogP contribution in [0.25, 0.3) is 4.96 Å². The van der Waals surface area contributed by atoms with E-state index in [-0.39, 0.29) is 11.8 Å². The summed E-state index contributed by atoms with van der Waals surface area (Å²) >= 11 is 1.51. The first-order valence-electron chi connectivity index (χ1n) is 6.80. The number of nitrogens with one attached hydrogen (secondary N) is 1. The van der Waals surface area contributed by atoms with Gasteiger partial charge in [0.2, 0.25) is 10.9 Å². The van der Waals surface area contributed by atoms with Gasteiger partial charge in [0.1, 0.15) is 5.01 Å². The van der Waals surface area contributed by atoms with Gasteiger partial charge in [0.15, 0.2) is 5.82 Å². The summed E-state index contributed by atoms with van der Waals surface area (Å²) in [7, 11) is 0. The fraction of sp³-hybridized carbons (Fsp3) is 0.667. The van der Waals surface area contributed by atoms with E-state index in [2.05, 4.69) is 20.6 Å². The molecule has 0 saturated heterocycles. The SMILES string of the molecule is O=C(NCc1nn2c(C3CC3)nnc2s1)C1CCC1. The molecule has 0 aliphatic heterocycles. The van der Waals surface area contributed by atoms with E-state index in [1.54, 1.807) is 0 Å². The Hall–Kier alpha value is -1.50. The molecule has 2 fully saturated rings. The highest BCUT2D eigenvalue weighted by atomic mass is 32.1. The smallest absolute Gasteiger partial charge is 0.234 e. The second-order valence-electron chi connectivity index (χ2n) is 5.37. The van der Waals surface area contributed by atoms with Crippen LogP contribution < -0.4 is 5.32 Å². The monoisotopic (exact) mass is 277 g/mol. The van der Waals surface area contributed by atoms with Crippen molar-refractivity contribution in [2.24, 2.45) is 5.92 Å². The fourth-order valence-corrected chi connectivity index (χ4v) is 3.10. The molecule has 0 unspecified atom stereocenters. The maximum Gasteiger partial charge on any atom is 0.234 e. The van der Waals surface area contributed by atoms with Crippen LogP contribution in [-0.4, -0.2) is 25.7 Å². The Morgan fingerprint density at radius 2 is 2.16 bits per heavy atom. The molecule has 2 aromatic rings. The van der Waals surface area contributed by atoms with Crippen molar-refractivity contribution in [2.45, 2.75) is 44.6 Å². The third-order valence-electron chi connectivity index (χ3n) is 3.89. The Kier molecular flexibility index (Phi) is 2.54. The van der Waals surface area contributed by atoms with Crippen LogP contribution in [0.4, 0.5) is 0 Å². The molecule has 2 aliphatic carbocycles. The summed E-state index contributed by atoms with van der Waals surface area (Å²) in [6.07, 6.45) is 5.61. The normalized spacial score (nSPS) is 19.6. The molecule has 1 N–H and O–H groups in total. The standard InChI is InChI=1S/C12H15N5OS/c18-11(8-2-1-3-8)13-6-9-16-17-10(7-4-5-7)14-15-12(17)19-9/h7-8H,1-6H2,(H,13,18). The van der Waals surface area contributed by atoms with Gasteiger partial charge in [-0.15, -0.1) is 10.2 Å². The van der Waals surface area contributed by atoms with Gasteiger partial charge < -0.3 is 5.32 Å². The Bertz CT molecular complexity index is 625. The van der Waals surface area contributed by atoms with Gasteiger partial charge in [-0.3, -0.25) is 4.79 Å². The highest BCUT2D eigenvalue weighted by molar-refractivity contribution is 7.16. The molecule has 2 heterocycles. The Balaban J connectivity index is 1.47. The van der Waals surface area contributed by atoms with Gasteiger partial charge in [-0.1, -0.05) is 17.8 Å². The average Bonchev–Trinajstić information content (AvgIpc) is 2.96. The number of amides is 1. The van der Waals surface area contributed by atoms with E-state index in [0.717, 1.165) is 28.6 Å². The first-order valence-corrected chi connectivity index (χ1v) is 7.61. The highest BCUT2D eigenvalue weighted by Crippen LogP contribution is 2.39. The topological polar surface area (TPSA) is 72.2 Å². The predicted octanol–water partition coefficient (Wildman–Crippen LogP) is 1.48. The summed E-state index contributed by atoms with van der Waals surface area (Å²) in [6.45, 7) is 0.507.